The molecule has 0 spiro atoms. The summed E-state index contributed by atoms with van der Waals surface area (Å²) in [7, 11) is 0. The number of anilines is 1. The van der Waals surface area contributed by atoms with Crippen molar-refractivity contribution in [2.45, 2.75) is 13.5 Å². The minimum Gasteiger partial charge on any atom is -0.353 e. The van der Waals surface area contributed by atoms with Crippen LogP contribution in [-0.2, 0) is 11.3 Å². The van der Waals surface area contributed by atoms with Crippen LogP contribution < -0.4 is 4.90 Å². The molecular formula is C22H30N6O. The van der Waals surface area contributed by atoms with E-state index in [2.05, 4.69) is 55.9 Å². The summed E-state index contributed by atoms with van der Waals surface area (Å²) in [4.78, 5) is 30.3. The molecular weight excluding hydrogens is 364 g/mol. The number of aromatic nitrogens is 2. The molecule has 2 aromatic rings. The highest BCUT2D eigenvalue weighted by Gasteiger charge is 2.25. The van der Waals surface area contributed by atoms with Crippen LogP contribution in [0.4, 0.5) is 5.82 Å². The van der Waals surface area contributed by atoms with Gasteiger partial charge in [-0.05, 0) is 18.1 Å². The van der Waals surface area contributed by atoms with Crippen molar-refractivity contribution >= 4 is 11.7 Å². The molecule has 2 fully saturated rings. The molecule has 1 aromatic heterocycles. The van der Waals surface area contributed by atoms with E-state index >= 15 is 0 Å². The van der Waals surface area contributed by atoms with Crippen molar-refractivity contribution in [3.05, 3.63) is 54.0 Å². The molecule has 0 bridgehead atoms. The molecule has 0 unspecified atom stereocenters. The Morgan fingerprint density at radius 3 is 2.34 bits per heavy atom. The Labute approximate surface area is 172 Å². The van der Waals surface area contributed by atoms with Gasteiger partial charge in [0.05, 0.1) is 12.7 Å². The van der Waals surface area contributed by atoms with E-state index in [4.69, 9.17) is 0 Å². The smallest absolute Gasteiger partial charge is 0.236 e. The molecule has 2 aliphatic rings. The maximum Gasteiger partial charge on any atom is 0.236 e. The van der Waals surface area contributed by atoms with Crippen LogP contribution in [0.2, 0.25) is 0 Å². The lowest BCUT2D eigenvalue weighted by Gasteiger charge is -2.38. The zero-order valence-electron chi connectivity index (χ0n) is 17.2. The van der Waals surface area contributed by atoms with Gasteiger partial charge in [-0.25, -0.2) is 4.98 Å². The summed E-state index contributed by atoms with van der Waals surface area (Å²) >= 11 is 0. The molecule has 2 aliphatic heterocycles. The zero-order chi connectivity index (χ0) is 20.1. The standard InChI is InChI=1S/C22H30N6O/c1-19-4-2-3-5-20(19)17-25-10-14-28(15-11-25)22(29)18-26-8-12-27(13-9-26)21-16-23-6-7-24-21/h2-7,16H,8-15,17-18H2,1H3. The Hall–Kier alpha value is -2.51. The largest absolute Gasteiger partial charge is 0.353 e. The summed E-state index contributed by atoms with van der Waals surface area (Å²) in [6.45, 7) is 10.7. The zero-order valence-corrected chi connectivity index (χ0v) is 17.2. The van der Waals surface area contributed by atoms with E-state index < -0.39 is 0 Å². The summed E-state index contributed by atoms with van der Waals surface area (Å²) in [6, 6.07) is 8.56. The Kier molecular flexibility index (Phi) is 6.36. The van der Waals surface area contributed by atoms with Crippen molar-refractivity contribution < 1.29 is 4.79 Å². The highest BCUT2D eigenvalue weighted by Crippen LogP contribution is 2.14. The first kappa shape index (κ1) is 19.8. The van der Waals surface area contributed by atoms with Gasteiger partial charge in [-0.1, -0.05) is 24.3 Å². The number of carbonyl (C=O) groups excluding carboxylic acids is 1. The molecule has 0 N–H and O–H groups in total. The second-order valence-electron chi connectivity index (χ2n) is 7.91. The number of benzene rings is 1. The van der Waals surface area contributed by atoms with Gasteiger partial charge in [-0.15, -0.1) is 0 Å². The van der Waals surface area contributed by atoms with Gasteiger partial charge >= 0.3 is 0 Å². The molecule has 1 aromatic carbocycles. The van der Waals surface area contributed by atoms with Crippen molar-refractivity contribution in [3.8, 4) is 0 Å². The molecule has 3 heterocycles. The van der Waals surface area contributed by atoms with Crippen LogP contribution in [0, 0.1) is 6.92 Å². The number of rotatable bonds is 5. The van der Waals surface area contributed by atoms with Gasteiger partial charge in [0.15, 0.2) is 0 Å². The van der Waals surface area contributed by atoms with Crippen molar-refractivity contribution in [1.29, 1.82) is 0 Å². The van der Waals surface area contributed by atoms with Crippen molar-refractivity contribution in [2.75, 3.05) is 63.8 Å². The molecule has 0 radical (unpaired) electrons. The van der Waals surface area contributed by atoms with Gasteiger partial charge in [0.1, 0.15) is 5.82 Å². The average molecular weight is 395 g/mol. The first-order valence-corrected chi connectivity index (χ1v) is 10.5. The predicted octanol–water partition coefficient (Wildman–Crippen LogP) is 1.25. The number of aryl methyl sites for hydroxylation is 1. The minimum atomic E-state index is 0.258. The van der Waals surface area contributed by atoms with Crippen molar-refractivity contribution in [1.82, 2.24) is 24.7 Å². The maximum absolute atomic E-state index is 12.8. The number of hydrogen-bond donors (Lipinski definition) is 0. The number of carbonyl (C=O) groups is 1. The molecule has 29 heavy (non-hydrogen) atoms. The third-order valence-electron chi connectivity index (χ3n) is 5.98. The fourth-order valence-corrected chi connectivity index (χ4v) is 4.06. The second kappa shape index (κ2) is 9.33. The lowest BCUT2D eigenvalue weighted by atomic mass is 10.1. The molecule has 0 saturated carbocycles. The molecule has 154 valence electrons. The highest BCUT2D eigenvalue weighted by molar-refractivity contribution is 5.78. The second-order valence-corrected chi connectivity index (χ2v) is 7.91. The molecule has 0 aliphatic carbocycles. The number of piperazine rings is 2. The van der Waals surface area contributed by atoms with E-state index in [0.29, 0.717) is 6.54 Å². The average Bonchev–Trinajstić information content (AvgIpc) is 2.77. The summed E-state index contributed by atoms with van der Waals surface area (Å²) in [6.07, 6.45) is 5.22. The van der Waals surface area contributed by atoms with E-state index in [1.165, 1.54) is 11.1 Å². The van der Waals surface area contributed by atoms with Gasteiger partial charge in [-0.3, -0.25) is 19.6 Å². The van der Waals surface area contributed by atoms with Gasteiger partial charge < -0.3 is 9.80 Å². The topological polar surface area (TPSA) is 55.8 Å². The first-order valence-electron chi connectivity index (χ1n) is 10.5. The van der Waals surface area contributed by atoms with Gasteiger partial charge in [0, 0.05) is 71.3 Å². The fraction of sp³-hybridized carbons (Fsp3) is 0.500. The Morgan fingerprint density at radius 2 is 1.66 bits per heavy atom. The van der Waals surface area contributed by atoms with E-state index in [0.717, 1.165) is 64.7 Å². The summed E-state index contributed by atoms with van der Waals surface area (Å²) in [5, 5.41) is 0. The lowest BCUT2D eigenvalue weighted by Crippen LogP contribution is -2.53. The normalized spacial score (nSPS) is 18.8. The Bertz CT molecular complexity index is 798. The lowest BCUT2D eigenvalue weighted by molar-refractivity contribution is -0.134. The molecule has 2 saturated heterocycles. The van der Waals surface area contributed by atoms with E-state index in [9.17, 15) is 4.79 Å². The number of amides is 1. The molecule has 1 amide bonds. The molecule has 7 nitrogen and oxygen atoms in total. The van der Waals surface area contributed by atoms with Gasteiger partial charge in [-0.2, -0.15) is 0 Å². The van der Waals surface area contributed by atoms with Crippen LogP contribution in [0.5, 0.6) is 0 Å². The summed E-state index contributed by atoms with van der Waals surface area (Å²) < 4.78 is 0. The molecule has 7 heteroatoms. The van der Waals surface area contributed by atoms with Crippen LogP contribution in [0.25, 0.3) is 0 Å². The predicted molar refractivity (Wildman–Crippen MR) is 114 cm³/mol. The molecule has 0 atom stereocenters. The fourth-order valence-electron chi connectivity index (χ4n) is 4.06. The van der Waals surface area contributed by atoms with Crippen LogP contribution in [0.15, 0.2) is 42.9 Å². The van der Waals surface area contributed by atoms with Crippen LogP contribution in [0.1, 0.15) is 11.1 Å². The summed E-state index contributed by atoms with van der Waals surface area (Å²) in [5.41, 5.74) is 2.72. The minimum absolute atomic E-state index is 0.258. The number of hydrogen-bond acceptors (Lipinski definition) is 6. The SMILES string of the molecule is Cc1ccccc1CN1CCN(C(=O)CN2CCN(c3cnccn3)CC2)CC1. The van der Waals surface area contributed by atoms with Crippen LogP contribution in [-0.4, -0.2) is 89.5 Å². The third kappa shape index (κ3) is 5.10. The van der Waals surface area contributed by atoms with Crippen LogP contribution in [0.3, 0.4) is 0 Å². The third-order valence-corrected chi connectivity index (χ3v) is 5.98. The summed E-state index contributed by atoms with van der Waals surface area (Å²) in [5.74, 6) is 1.18. The Balaban J connectivity index is 1.20. The van der Waals surface area contributed by atoms with Crippen LogP contribution >= 0.6 is 0 Å². The van der Waals surface area contributed by atoms with Crippen molar-refractivity contribution in [2.24, 2.45) is 0 Å². The van der Waals surface area contributed by atoms with E-state index in [1.807, 2.05) is 4.90 Å². The maximum atomic E-state index is 12.8. The van der Waals surface area contributed by atoms with E-state index in [-0.39, 0.29) is 5.91 Å². The van der Waals surface area contributed by atoms with Gasteiger partial charge in [0.2, 0.25) is 5.91 Å². The molecule has 4 rings (SSSR count). The van der Waals surface area contributed by atoms with Crippen molar-refractivity contribution in [3.63, 3.8) is 0 Å². The van der Waals surface area contributed by atoms with Gasteiger partial charge in [0.25, 0.3) is 0 Å². The monoisotopic (exact) mass is 394 g/mol. The Morgan fingerprint density at radius 1 is 0.931 bits per heavy atom. The van der Waals surface area contributed by atoms with E-state index in [1.54, 1.807) is 18.6 Å². The highest BCUT2D eigenvalue weighted by atomic mass is 16.2. The quantitative estimate of drug-likeness (QED) is 0.761. The first-order chi connectivity index (χ1) is 14.2. The number of nitrogens with zero attached hydrogens (tertiary/aromatic N) is 6.